The molecule has 1 N–H and O–H groups in total. The van der Waals surface area contributed by atoms with Crippen molar-refractivity contribution in [2.24, 2.45) is 5.10 Å². The number of halogens is 2. The van der Waals surface area contributed by atoms with Crippen LogP contribution >= 0.6 is 11.6 Å². The summed E-state index contributed by atoms with van der Waals surface area (Å²) in [6.45, 7) is 2.73. The van der Waals surface area contributed by atoms with Gasteiger partial charge >= 0.3 is 0 Å². The first-order valence-electron chi connectivity index (χ1n) is 9.28. The van der Waals surface area contributed by atoms with Gasteiger partial charge in [0.15, 0.2) is 11.5 Å². The lowest BCUT2D eigenvalue weighted by Crippen LogP contribution is -2.17. The van der Waals surface area contributed by atoms with E-state index in [1.165, 1.54) is 30.5 Å². The standard InChI is InChI=1S/C23H20ClFN2O3/c1-2-29-22-13-17(14-26-27-23(28)18-6-10-20(25)11-7-18)5-12-21(22)30-15-16-3-8-19(24)9-4-16/h3-14H,2,15H2,1H3,(H,27,28)/b26-14+. The maximum Gasteiger partial charge on any atom is 0.271 e. The maximum atomic E-state index is 12.9. The quantitative estimate of drug-likeness (QED) is 0.397. The summed E-state index contributed by atoms with van der Waals surface area (Å²) in [7, 11) is 0. The zero-order valence-electron chi connectivity index (χ0n) is 16.3. The van der Waals surface area contributed by atoms with Crippen LogP contribution in [0.3, 0.4) is 0 Å². The van der Waals surface area contributed by atoms with Crippen LogP contribution in [0.2, 0.25) is 5.02 Å². The summed E-state index contributed by atoms with van der Waals surface area (Å²) in [6.07, 6.45) is 1.49. The second-order valence-corrected chi connectivity index (χ2v) is 6.70. The van der Waals surface area contributed by atoms with Gasteiger partial charge in [0, 0.05) is 10.6 Å². The number of carbonyl (C=O) groups is 1. The van der Waals surface area contributed by atoms with Crippen LogP contribution in [0.25, 0.3) is 0 Å². The van der Waals surface area contributed by atoms with Crippen LogP contribution < -0.4 is 14.9 Å². The molecule has 0 heterocycles. The van der Waals surface area contributed by atoms with Crippen molar-refractivity contribution in [3.63, 3.8) is 0 Å². The Morgan fingerprint density at radius 3 is 2.47 bits per heavy atom. The van der Waals surface area contributed by atoms with Crippen molar-refractivity contribution in [2.75, 3.05) is 6.61 Å². The Kier molecular flexibility index (Phi) is 7.40. The molecule has 0 atom stereocenters. The number of nitrogens with one attached hydrogen (secondary N) is 1. The van der Waals surface area contributed by atoms with E-state index in [0.717, 1.165) is 11.1 Å². The topological polar surface area (TPSA) is 59.9 Å². The van der Waals surface area contributed by atoms with Gasteiger partial charge in [-0.15, -0.1) is 0 Å². The summed E-state index contributed by atoms with van der Waals surface area (Å²) in [4.78, 5) is 12.0. The van der Waals surface area contributed by atoms with Crippen LogP contribution in [0, 0.1) is 5.82 Å². The van der Waals surface area contributed by atoms with Crippen LogP contribution in [0.15, 0.2) is 71.8 Å². The predicted molar refractivity (Wildman–Crippen MR) is 115 cm³/mol. The average molecular weight is 427 g/mol. The third-order valence-electron chi connectivity index (χ3n) is 4.06. The molecule has 0 fully saturated rings. The Morgan fingerprint density at radius 1 is 1.03 bits per heavy atom. The molecule has 0 aliphatic rings. The third-order valence-corrected chi connectivity index (χ3v) is 4.31. The van der Waals surface area contributed by atoms with E-state index in [-0.39, 0.29) is 0 Å². The molecule has 154 valence electrons. The zero-order valence-corrected chi connectivity index (χ0v) is 17.0. The smallest absolute Gasteiger partial charge is 0.271 e. The molecule has 0 aliphatic heterocycles. The van der Waals surface area contributed by atoms with Gasteiger partial charge in [-0.2, -0.15) is 5.10 Å². The number of hydrogen-bond donors (Lipinski definition) is 1. The molecule has 3 rings (SSSR count). The molecule has 0 spiro atoms. The Labute approximate surface area is 179 Å². The van der Waals surface area contributed by atoms with Gasteiger partial charge in [-0.3, -0.25) is 4.79 Å². The van der Waals surface area contributed by atoms with Gasteiger partial charge in [0.2, 0.25) is 0 Å². The van der Waals surface area contributed by atoms with E-state index in [9.17, 15) is 9.18 Å². The number of hydrazone groups is 1. The summed E-state index contributed by atoms with van der Waals surface area (Å²) >= 11 is 5.90. The van der Waals surface area contributed by atoms with E-state index in [1.54, 1.807) is 18.2 Å². The van der Waals surface area contributed by atoms with Gasteiger partial charge in [-0.25, -0.2) is 9.82 Å². The van der Waals surface area contributed by atoms with Crippen molar-refractivity contribution in [1.29, 1.82) is 0 Å². The summed E-state index contributed by atoms with van der Waals surface area (Å²) < 4.78 is 24.5. The second kappa shape index (κ2) is 10.4. The SMILES string of the molecule is CCOc1cc(/C=N/NC(=O)c2ccc(F)cc2)ccc1OCc1ccc(Cl)cc1. The summed E-state index contributed by atoms with van der Waals surface area (Å²) in [5.74, 6) is 0.329. The fourth-order valence-electron chi connectivity index (χ4n) is 2.57. The fraction of sp³-hybridized carbons (Fsp3) is 0.130. The van der Waals surface area contributed by atoms with Gasteiger partial charge in [-0.1, -0.05) is 23.7 Å². The summed E-state index contributed by atoms with van der Waals surface area (Å²) in [5.41, 5.74) is 4.43. The molecule has 3 aromatic carbocycles. The molecule has 0 radical (unpaired) electrons. The van der Waals surface area contributed by atoms with Gasteiger partial charge in [0.25, 0.3) is 5.91 Å². The lowest BCUT2D eigenvalue weighted by molar-refractivity contribution is 0.0955. The Morgan fingerprint density at radius 2 is 1.77 bits per heavy atom. The molecule has 0 aliphatic carbocycles. The van der Waals surface area contributed by atoms with Crippen LogP contribution in [0.5, 0.6) is 11.5 Å². The highest BCUT2D eigenvalue weighted by molar-refractivity contribution is 6.30. The van der Waals surface area contributed by atoms with E-state index in [2.05, 4.69) is 10.5 Å². The number of hydrogen-bond acceptors (Lipinski definition) is 4. The van der Waals surface area contributed by atoms with Crippen LogP contribution in [-0.2, 0) is 6.61 Å². The molecular weight excluding hydrogens is 407 g/mol. The van der Waals surface area contributed by atoms with Crippen molar-refractivity contribution in [1.82, 2.24) is 5.43 Å². The van der Waals surface area contributed by atoms with E-state index in [4.69, 9.17) is 21.1 Å². The lowest BCUT2D eigenvalue weighted by Gasteiger charge is -2.12. The molecule has 0 saturated carbocycles. The largest absolute Gasteiger partial charge is 0.490 e. The Balaban J connectivity index is 1.64. The molecule has 0 saturated heterocycles. The van der Waals surface area contributed by atoms with Gasteiger partial charge in [0.1, 0.15) is 12.4 Å². The normalized spacial score (nSPS) is 10.8. The van der Waals surface area contributed by atoms with Gasteiger partial charge in [-0.05, 0) is 72.6 Å². The monoisotopic (exact) mass is 426 g/mol. The van der Waals surface area contributed by atoms with Gasteiger partial charge in [0.05, 0.1) is 12.8 Å². The summed E-state index contributed by atoms with van der Waals surface area (Å²) in [6, 6.07) is 18.0. The van der Waals surface area contributed by atoms with Crippen molar-refractivity contribution in [2.45, 2.75) is 13.5 Å². The van der Waals surface area contributed by atoms with Crippen molar-refractivity contribution in [3.05, 3.63) is 94.3 Å². The Hall–Kier alpha value is -3.38. The number of benzene rings is 3. The molecule has 5 nitrogen and oxygen atoms in total. The molecule has 3 aromatic rings. The van der Waals surface area contributed by atoms with E-state index in [0.29, 0.717) is 35.3 Å². The number of amides is 1. The molecule has 0 aromatic heterocycles. The van der Waals surface area contributed by atoms with Crippen molar-refractivity contribution < 1.29 is 18.7 Å². The predicted octanol–water partition coefficient (Wildman–Crippen LogP) is 5.22. The van der Waals surface area contributed by atoms with E-state index >= 15 is 0 Å². The highest BCUT2D eigenvalue weighted by Crippen LogP contribution is 2.29. The van der Waals surface area contributed by atoms with Crippen molar-refractivity contribution >= 4 is 23.7 Å². The fourth-order valence-corrected chi connectivity index (χ4v) is 2.69. The molecular formula is C23H20ClFN2O3. The average Bonchev–Trinajstić information content (AvgIpc) is 2.75. The molecule has 30 heavy (non-hydrogen) atoms. The zero-order chi connectivity index (χ0) is 21.3. The minimum atomic E-state index is -0.431. The number of rotatable bonds is 8. The first kappa shape index (κ1) is 21.3. The summed E-state index contributed by atoms with van der Waals surface area (Å²) in [5, 5.41) is 4.62. The Bertz CT molecular complexity index is 1020. The molecule has 7 heteroatoms. The molecule has 0 unspecified atom stereocenters. The molecule has 0 bridgehead atoms. The lowest BCUT2D eigenvalue weighted by atomic mass is 10.2. The van der Waals surface area contributed by atoms with Crippen molar-refractivity contribution in [3.8, 4) is 11.5 Å². The highest BCUT2D eigenvalue weighted by Gasteiger charge is 2.07. The van der Waals surface area contributed by atoms with Crippen LogP contribution in [-0.4, -0.2) is 18.7 Å². The third kappa shape index (κ3) is 6.06. The first-order valence-corrected chi connectivity index (χ1v) is 9.66. The number of carbonyl (C=O) groups excluding carboxylic acids is 1. The van der Waals surface area contributed by atoms with E-state index in [1.807, 2.05) is 31.2 Å². The number of nitrogens with zero attached hydrogens (tertiary/aromatic N) is 1. The van der Waals surface area contributed by atoms with Gasteiger partial charge < -0.3 is 9.47 Å². The second-order valence-electron chi connectivity index (χ2n) is 6.26. The highest BCUT2D eigenvalue weighted by atomic mass is 35.5. The minimum absolute atomic E-state index is 0.314. The molecule has 1 amide bonds. The minimum Gasteiger partial charge on any atom is -0.490 e. The maximum absolute atomic E-state index is 12.9. The van der Waals surface area contributed by atoms with Crippen LogP contribution in [0.4, 0.5) is 4.39 Å². The van der Waals surface area contributed by atoms with Crippen LogP contribution in [0.1, 0.15) is 28.4 Å². The number of ether oxygens (including phenoxy) is 2. The first-order chi connectivity index (χ1) is 14.5. The van der Waals surface area contributed by atoms with E-state index < -0.39 is 11.7 Å².